The van der Waals surface area contributed by atoms with Crippen molar-refractivity contribution in [1.82, 2.24) is 0 Å². The molecule has 0 heterocycles. The van der Waals surface area contributed by atoms with E-state index in [2.05, 4.69) is 27.4 Å². The molecule has 0 unspecified atom stereocenters. The highest BCUT2D eigenvalue weighted by Gasteiger charge is 2.01. The highest BCUT2D eigenvalue weighted by molar-refractivity contribution is 5.16. The third kappa shape index (κ3) is 4.92. The van der Waals surface area contributed by atoms with Crippen molar-refractivity contribution in [3.63, 3.8) is 0 Å². The molecule has 0 radical (unpaired) electrons. The van der Waals surface area contributed by atoms with Gasteiger partial charge in [0.05, 0.1) is 0 Å². The molecule has 0 aromatic rings. The van der Waals surface area contributed by atoms with Crippen LogP contribution in [0.2, 0.25) is 0 Å². The zero-order chi connectivity index (χ0) is 10.1. The van der Waals surface area contributed by atoms with Gasteiger partial charge >= 0.3 is 0 Å². The lowest BCUT2D eigenvalue weighted by Gasteiger charge is -2.10. The second-order valence-electron chi connectivity index (χ2n) is 3.51. The van der Waals surface area contributed by atoms with Crippen LogP contribution in [0.3, 0.4) is 0 Å². The summed E-state index contributed by atoms with van der Waals surface area (Å²) >= 11 is 0. The van der Waals surface area contributed by atoms with Gasteiger partial charge in [0.2, 0.25) is 0 Å². The van der Waals surface area contributed by atoms with Gasteiger partial charge in [0, 0.05) is 0 Å². The van der Waals surface area contributed by atoms with E-state index in [-0.39, 0.29) is 0 Å². The van der Waals surface area contributed by atoms with Crippen molar-refractivity contribution < 1.29 is 0 Å². The average Bonchev–Trinajstić information content (AvgIpc) is 2.17. The normalized spacial score (nSPS) is 12.5. The molecule has 0 aliphatic heterocycles. The summed E-state index contributed by atoms with van der Waals surface area (Å²) in [5, 5.41) is 0. The molecule has 76 valence electrons. The van der Waals surface area contributed by atoms with Crippen molar-refractivity contribution >= 4 is 0 Å². The Morgan fingerprint density at radius 2 is 1.69 bits per heavy atom. The van der Waals surface area contributed by atoms with Crippen molar-refractivity contribution in [2.75, 3.05) is 0 Å². The summed E-state index contributed by atoms with van der Waals surface area (Å²) in [6.45, 7) is 10.6. The first-order valence-electron chi connectivity index (χ1n) is 5.60. The van der Waals surface area contributed by atoms with Gasteiger partial charge in [-0.3, -0.25) is 0 Å². The molecule has 0 aromatic heterocycles. The monoisotopic (exact) mass is 180 g/mol. The summed E-state index contributed by atoms with van der Waals surface area (Å²) in [6, 6.07) is 0. The average molecular weight is 180 g/mol. The molecule has 0 aliphatic carbocycles. The molecule has 0 heteroatoms. The second-order valence-corrected chi connectivity index (χ2v) is 3.51. The first-order chi connectivity index (χ1) is 6.29. The predicted octanol–water partition coefficient (Wildman–Crippen LogP) is 4.87. The molecular formula is C13H24. The molecule has 0 N–H and O–H groups in total. The summed E-state index contributed by atoms with van der Waals surface area (Å²) < 4.78 is 0. The van der Waals surface area contributed by atoms with E-state index >= 15 is 0 Å². The minimum absolute atomic E-state index is 1.09. The van der Waals surface area contributed by atoms with Crippen LogP contribution in [0, 0.1) is 0 Å². The van der Waals surface area contributed by atoms with Crippen molar-refractivity contribution in [2.45, 2.75) is 59.3 Å². The van der Waals surface area contributed by atoms with Crippen LogP contribution in [0.25, 0.3) is 0 Å². The zero-order valence-electron chi connectivity index (χ0n) is 9.53. The van der Waals surface area contributed by atoms with Crippen molar-refractivity contribution in [2.24, 2.45) is 0 Å². The SMILES string of the molecule is C=CCC(CC)=C(CC)CCCC. The molecule has 0 amide bonds. The largest absolute Gasteiger partial charge is 0.103 e. The Morgan fingerprint density at radius 3 is 2.08 bits per heavy atom. The quantitative estimate of drug-likeness (QED) is 0.490. The molecule has 0 rings (SSSR count). The highest BCUT2D eigenvalue weighted by atomic mass is 14.1. The molecule has 0 aliphatic rings. The lowest BCUT2D eigenvalue weighted by Crippen LogP contribution is -1.90. The summed E-state index contributed by atoms with van der Waals surface area (Å²) in [6.07, 6.45) is 9.46. The predicted molar refractivity (Wildman–Crippen MR) is 61.9 cm³/mol. The maximum Gasteiger partial charge on any atom is -0.0139 e. The molecule has 0 aromatic carbocycles. The molecule has 0 bridgehead atoms. The Labute approximate surface area is 83.7 Å². The summed E-state index contributed by atoms with van der Waals surface area (Å²) in [5.41, 5.74) is 3.29. The molecule has 0 saturated carbocycles. The summed E-state index contributed by atoms with van der Waals surface area (Å²) in [7, 11) is 0. The summed E-state index contributed by atoms with van der Waals surface area (Å²) in [4.78, 5) is 0. The van der Waals surface area contributed by atoms with E-state index in [1.54, 1.807) is 11.1 Å². The minimum Gasteiger partial charge on any atom is -0.103 e. The Kier molecular flexibility index (Phi) is 7.77. The fourth-order valence-electron chi connectivity index (χ4n) is 1.71. The van der Waals surface area contributed by atoms with Crippen molar-refractivity contribution in [3.05, 3.63) is 23.8 Å². The van der Waals surface area contributed by atoms with E-state index in [0.29, 0.717) is 0 Å². The van der Waals surface area contributed by atoms with Crippen LogP contribution in [0.15, 0.2) is 23.8 Å². The molecule has 0 spiro atoms. The Hall–Kier alpha value is -0.520. The fourth-order valence-corrected chi connectivity index (χ4v) is 1.71. The highest BCUT2D eigenvalue weighted by Crippen LogP contribution is 2.21. The molecular weight excluding hydrogens is 156 g/mol. The summed E-state index contributed by atoms with van der Waals surface area (Å²) in [5.74, 6) is 0. The lowest BCUT2D eigenvalue weighted by atomic mass is 9.96. The lowest BCUT2D eigenvalue weighted by molar-refractivity contribution is 0.747. The van der Waals surface area contributed by atoms with E-state index in [1.807, 2.05) is 6.08 Å². The zero-order valence-corrected chi connectivity index (χ0v) is 9.53. The van der Waals surface area contributed by atoms with Gasteiger partial charge in [0.25, 0.3) is 0 Å². The van der Waals surface area contributed by atoms with Gasteiger partial charge < -0.3 is 0 Å². The third-order valence-electron chi connectivity index (χ3n) is 2.58. The number of allylic oxidation sites excluding steroid dienone is 3. The standard InChI is InChI=1S/C13H24/c1-5-9-11-13(8-4)12(7-3)10-6-2/h6H,2,5,7-11H2,1,3-4H3. The van der Waals surface area contributed by atoms with Gasteiger partial charge in [0.1, 0.15) is 0 Å². The Bertz CT molecular complexity index is 163. The van der Waals surface area contributed by atoms with E-state index < -0.39 is 0 Å². The van der Waals surface area contributed by atoms with Crippen LogP contribution >= 0.6 is 0 Å². The minimum atomic E-state index is 1.09. The molecule has 0 nitrogen and oxygen atoms in total. The molecule has 0 atom stereocenters. The first-order valence-corrected chi connectivity index (χ1v) is 5.60. The molecule has 0 saturated heterocycles. The van der Waals surface area contributed by atoms with Crippen LogP contribution in [0.4, 0.5) is 0 Å². The van der Waals surface area contributed by atoms with Crippen LogP contribution in [0.1, 0.15) is 59.3 Å². The van der Waals surface area contributed by atoms with Crippen molar-refractivity contribution in [3.8, 4) is 0 Å². The van der Waals surface area contributed by atoms with Crippen LogP contribution in [0.5, 0.6) is 0 Å². The van der Waals surface area contributed by atoms with Gasteiger partial charge in [-0.25, -0.2) is 0 Å². The number of hydrogen-bond donors (Lipinski definition) is 0. The van der Waals surface area contributed by atoms with E-state index in [9.17, 15) is 0 Å². The maximum absolute atomic E-state index is 3.81. The van der Waals surface area contributed by atoms with Crippen LogP contribution < -0.4 is 0 Å². The van der Waals surface area contributed by atoms with Crippen molar-refractivity contribution in [1.29, 1.82) is 0 Å². The maximum atomic E-state index is 3.81. The number of unbranched alkanes of at least 4 members (excludes halogenated alkanes) is 1. The molecule has 0 fully saturated rings. The van der Waals surface area contributed by atoms with Crippen LogP contribution in [-0.4, -0.2) is 0 Å². The van der Waals surface area contributed by atoms with Gasteiger partial charge in [-0.15, -0.1) is 6.58 Å². The van der Waals surface area contributed by atoms with Gasteiger partial charge in [-0.2, -0.15) is 0 Å². The topological polar surface area (TPSA) is 0 Å². The van der Waals surface area contributed by atoms with Gasteiger partial charge in [0.15, 0.2) is 0 Å². The Balaban J connectivity index is 4.31. The van der Waals surface area contributed by atoms with Gasteiger partial charge in [-0.1, -0.05) is 44.4 Å². The van der Waals surface area contributed by atoms with Crippen LogP contribution in [-0.2, 0) is 0 Å². The Morgan fingerprint density at radius 1 is 1.08 bits per heavy atom. The van der Waals surface area contributed by atoms with E-state index in [4.69, 9.17) is 0 Å². The van der Waals surface area contributed by atoms with Gasteiger partial charge in [-0.05, 0) is 32.1 Å². The first kappa shape index (κ1) is 12.5. The number of rotatable bonds is 7. The molecule has 13 heavy (non-hydrogen) atoms. The third-order valence-corrected chi connectivity index (χ3v) is 2.58. The van der Waals surface area contributed by atoms with E-state index in [0.717, 1.165) is 6.42 Å². The van der Waals surface area contributed by atoms with E-state index in [1.165, 1.54) is 32.1 Å². The fraction of sp³-hybridized carbons (Fsp3) is 0.692. The number of hydrogen-bond acceptors (Lipinski definition) is 0. The smallest absolute Gasteiger partial charge is 0.0139 e. The second kappa shape index (κ2) is 8.10.